The fourth-order valence-electron chi connectivity index (χ4n) is 2.44. The van der Waals surface area contributed by atoms with Gasteiger partial charge >= 0.3 is 0 Å². The van der Waals surface area contributed by atoms with Crippen LogP contribution in [0.5, 0.6) is 11.5 Å². The molecule has 0 aromatic heterocycles. The molecule has 2 aromatic carbocycles. The summed E-state index contributed by atoms with van der Waals surface area (Å²) in [5.41, 5.74) is 2.67. The first-order valence-electron chi connectivity index (χ1n) is 8.00. The second kappa shape index (κ2) is 7.75. The summed E-state index contributed by atoms with van der Waals surface area (Å²) in [5, 5.41) is 0.434. The number of hydrogen-bond acceptors (Lipinski definition) is 3. The van der Waals surface area contributed by atoms with Gasteiger partial charge in [0, 0.05) is 5.56 Å². The van der Waals surface area contributed by atoms with E-state index in [4.69, 9.17) is 21.1 Å². The van der Waals surface area contributed by atoms with Crippen LogP contribution in [-0.4, -0.2) is 20.0 Å². The number of benzene rings is 2. The van der Waals surface area contributed by atoms with Crippen molar-refractivity contribution in [3.05, 3.63) is 64.2 Å². The van der Waals surface area contributed by atoms with Crippen molar-refractivity contribution < 1.29 is 14.3 Å². The van der Waals surface area contributed by atoms with E-state index in [2.05, 4.69) is 20.8 Å². The van der Waals surface area contributed by atoms with Gasteiger partial charge in [-0.05, 0) is 34.8 Å². The number of hydrogen-bond donors (Lipinski definition) is 0. The van der Waals surface area contributed by atoms with E-state index in [0.717, 1.165) is 5.56 Å². The van der Waals surface area contributed by atoms with Crippen LogP contribution in [0.4, 0.5) is 0 Å². The van der Waals surface area contributed by atoms with E-state index in [1.165, 1.54) is 18.7 Å². The minimum Gasteiger partial charge on any atom is -0.493 e. The Hall–Kier alpha value is -2.26. The summed E-state index contributed by atoms with van der Waals surface area (Å²) in [6, 6.07) is 11.2. The Kier molecular flexibility index (Phi) is 5.91. The average molecular weight is 359 g/mol. The van der Waals surface area contributed by atoms with Gasteiger partial charge in [-0.15, -0.1) is 0 Å². The SMILES string of the molecule is COc1cc(C=CC(=O)c2ccc(C(C)(C)C)cc2)cc(Cl)c1OC. The van der Waals surface area contributed by atoms with Crippen molar-refractivity contribution in [1.29, 1.82) is 0 Å². The summed E-state index contributed by atoms with van der Waals surface area (Å²) in [7, 11) is 3.08. The third-order valence-corrected chi connectivity index (χ3v) is 4.20. The Morgan fingerprint density at radius 1 is 1.04 bits per heavy atom. The van der Waals surface area contributed by atoms with Gasteiger partial charge in [-0.1, -0.05) is 62.7 Å². The van der Waals surface area contributed by atoms with Gasteiger partial charge in [0.1, 0.15) is 0 Å². The highest BCUT2D eigenvalue weighted by Gasteiger charge is 2.14. The maximum atomic E-state index is 12.4. The summed E-state index contributed by atoms with van der Waals surface area (Å²) in [4.78, 5) is 12.4. The lowest BCUT2D eigenvalue weighted by molar-refractivity contribution is 0.104. The zero-order valence-corrected chi connectivity index (χ0v) is 16.0. The third kappa shape index (κ3) is 4.64. The predicted molar refractivity (Wildman–Crippen MR) is 103 cm³/mol. The van der Waals surface area contributed by atoms with Crippen LogP contribution >= 0.6 is 11.6 Å². The molecule has 4 heteroatoms. The quantitative estimate of drug-likeness (QED) is 0.519. The molecule has 0 radical (unpaired) electrons. The fraction of sp³-hybridized carbons (Fsp3) is 0.286. The Balaban J connectivity index is 2.21. The van der Waals surface area contributed by atoms with Gasteiger partial charge in [0.05, 0.1) is 19.2 Å². The van der Waals surface area contributed by atoms with Crippen LogP contribution in [0.15, 0.2) is 42.5 Å². The molecule has 0 N–H and O–H groups in total. The molecule has 0 unspecified atom stereocenters. The Morgan fingerprint density at radius 3 is 2.20 bits per heavy atom. The second-order valence-corrected chi connectivity index (χ2v) is 7.17. The molecular weight excluding hydrogens is 336 g/mol. The van der Waals surface area contributed by atoms with Gasteiger partial charge in [0.25, 0.3) is 0 Å². The number of ether oxygens (including phenoxy) is 2. The van der Waals surface area contributed by atoms with Crippen molar-refractivity contribution in [3.8, 4) is 11.5 Å². The number of ketones is 1. The fourth-order valence-corrected chi connectivity index (χ4v) is 2.73. The van der Waals surface area contributed by atoms with Crippen molar-refractivity contribution in [2.45, 2.75) is 26.2 Å². The molecule has 2 aromatic rings. The summed E-state index contributed by atoms with van der Waals surface area (Å²) >= 11 is 6.18. The van der Waals surface area contributed by atoms with Gasteiger partial charge in [-0.2, -0.15) is 0 Å². The van der Waals surface area contributed by atoms with Gasteiger partial charge in [-0.3, -0.25) is 4.79 Å². The van der Waals surface area contributed by atoms with E-state index in [9.17, 15) is 4.79 Å². The van der Waals surface area contributed by atoms with E-state index < -0.39 is 0 Å². The lowest BCUT2D eigenvalue weighted by atomic mass is 9.86. The van der Waals surface area contributed by atoms with Crippen molar-refractivity contribution in [1.82, 2.24) is 0 Å². The summed E-state index contributed by atoms with van der Waals surface area (Å²) in [6.45, 7) is 6.43. The molecule has 0 aliphatic carbocycles. The minimum absolute atomic E-state index is 0.0633. The van der Waals surface area contributed by atoms with Crippen LogP contribution in [0.25, 0.3) is 6.08 Å². The molecule has 0 amide bonds. The van der Waals surface area contributed by atoms with Crippen LogP contribution in [-0.2, 0) is 5.41 Å². The molecule has 0 atom stereocenters. The first kappa shape index (κ1) is 19.1. The van der Waals surface area contributed by atoms with Gasteiger partial charge in [-0.25, -0.2) is 0 Å². The highest BCUT2D eigenvalue weighted by Crippen LogP contribution is 2.36. The molecule has 0 aliphatic heterocycles. The predicted octanol–water partition coefficient (Wildman–Crippen LogP) is 5.55. The molecule has 0 saturated carbocycles. The number of rotatable bonds is 5. The molecule has 25 heavy (non-hydrogen) atoms. The van der Waals surface area contributed by atoms with Crippen LogP contribution in [0.2, 0.25) is 5.02 Å². The molecule has 0 fully saturated rings. The van der Waals surface area contributed by atoms with Crippen molar-refractivity contribution in [3.63, 3.8) is 0 Å². The Morgan fingerprint density at radius 2 is 1.68 bits per heavy atom. The molecular formula is C21H23ClO3. The van der Waals surface area contributed by atoms with Crippen LogP contribution in [0.1, 0.15) is 42.3 Å². The van der Waals surface area contributed by atoms with Crippen molar-refractivity contribution >= 4 is 23.5 Å². The molecule has 2 rings (SSSR count). The van der Waals surface area contributed by atoms with Crippen molar-refractivity contribution in [2.24, 2.45) is 0 Å². The molecule has 0 bridgehead atoms. The lowest BCUT2D eigenvalue weighted by Gasteiger charge is -2.18. The number of carbonyl (C=O) groups is 1. The molecule has 0 heterocycles. The monoisotopic (exact) mass is 358 g/mol. The Bertz CT molecular complexity index is 784. The van der Waals surface area contributed by atoms with Crippen LogP contribution in [0, 0.1) is 0 Å². The number of halogens is 1. The molecule has 0 aliphatic rings. The van der Waals surface area contributed by atoms with E-state index in [1.54, 1.807) is 25.3 Å². The highest BCUT2D eigenvalue weighted by atomic mass is 35.5. The highest BCUT2D eigenvalue weighted by molar-refractivity contribution is 6.32. The van der Waals surface area contributed by atoms with E-state index in [1.807, 2.05) is 24.3 Å². The number of carbonyl (C=O) groups excluding carboxylic acids is 1. The van der Waals surface area contributed by atoms with Crippen LogP contribution in [0.3, 0.4) is 0 Å². The summed E-state index contributed by atoms with van der Waals surface area (Å²) < 4.78 is 10.5. The second-order valence-electron chi connectivity index (χ2n) is 6.76. The van der Waals surface area contributed by atoms with Crippen molar-refractivity contribution in [2.75, 3.05) is 14.2 Å². The number of methoxy groups -OCH3 is 2. The topological polar surface area (TPSA) is 35.5 Å². The maximum absolute atomic E-state index is 12.4. The number of allylic oxidation sites excluding steroid dienone is 1. The molecule has 0 saturated heterocycles. The van der Waals surface area contributed by atoms with Gasteiger partial charge in [0.2, 0.25) is 0 Å². The van der Waals surface area contributed by atoms with E-state index in [0.29, 0.717) is 22.1 Å². The van der Waals surface area contributed by atoms with E-state index in [-0.39, 0.29) is 11.2 Å². The summed E-state index contributed by atoms with van der Waals surface area (Å²) in [6.07, 6.45) is 3.25. The Labute approximate surface area is 154 Å². The average Bonchev–Trinajstić information content (AvgIpc) is 2.58. The van der Waals surface area contributed by atoms with Crippen LogP contribution < -0.4 is 9.47 Å². The third-order valence-electron chi connectivity index (χ3n) is 3.92. The normalized spacial score (nSPS) is 11.6. The molecule has 0 spiro atoms. The molecule has 132 valence electrons. The lowest BCUT2D eigenvalue weighted by Crippen LogP contribution is -2.11. The standard InChI is InChI=1S/C21H23ClO3/c1-21(2,3)16-9-7-15(8-10-16)18(23)11-6-14-12-17(22)20(25-5)19(13-14)24-4/h6-13H,1-5H3. The zero-order valence-electron chi connectivity index (χ0n) is 15.2. The first-order chi connectivity index (χ1) is 11.8. The smallest absolute Gasteiger partial charge is 0.185 e. The van der Waals surface area contributed by atoms with Gasteiger partial charge in [0.15, 0.2) is 17.3 Å². The maximum Gasteiger partial charge on any atom is 0.185 e. The summed E-state index contributed by atoms with van der Waals surface area (Å²) in [5.74, 6) is 0.938. The minimum atomic E-state index is -0.0635. The van der Waals surface area contributed by atoms with E-state index >= 15 is 0 Å². The first-order valence-corrected chi connectivity index (χ1v) is 8.38. The van der Waals surface area contributed by atoms with Gasteiger partial charge < -0.3 is 9.47 Å². The molecule has 3 nitrogen and oxygen atoms in total. The largest absolute Gasteiger partial charge is 0.493 e. The zero-order chi connectivity index (χ0) is 18.6.